The van der Waals surface area contributed by atoms with E-state index in [2.05, 4.69) is 4.98 Å². The van der Waals surface area contributed by atoms with Crippen LogP contribution in [0.1, 0.15) is 17.7 Å². The highest BCUT2D eigenvalue weighted by atomic mass is 32.2. The number of pyridine rings is 1. The lowest BCUT2D eigenvalue weighted by atomic mass is 10.2. The highest BCUT2D eigenvalue weighted by Crippen LogP contribution is 2.17. The van der Waals surface area contributed by atoms with E-state index in [0.717, 1.165) is 17.7 Å². The molecule has 0 amide bonds. The zero-order valence-corrected chi connectivity index (χ0v) is 9.78. The van der Waals surface area contributed by atoms with E-state index in [4.69, 9.17) is 5.73 Å². The van der Waals surface area contributed by atoms with Crippen molar-refractivity contribution in [3.05, 3.63) is 29.6 Å². The van der Waals surface area contributed by atoms with Gasteiger partial charge in [0, 0.05) is 25.8 Å². The summed E-state index contributed by atoms with van der Waals surface area (Å²) in [6.45, 7) is 1.42. The van der Waals surface area contributed by atoms with Gasteiger partial charge in [0.25, 0.3) is 0 Å². The minimum atomic E-state index is -3.02. The van der Waals surface area contributed by atoms with Gasteiger partial charge in [0.05, 0.1) is 11.4 Å². The van der Waals surface area contributed by atoms with Crippen LogP contribution in [0.4, 0.5) is 0 Å². The maximum atomic E-state index is 11.6. The van der Waals surface area contributed by atoms with Crippen LogP contribution in [0.5, 0.6) is 0 Å². The Labute approximate surface area is 95.3 Å². The fraction of sp³-hybridized carbons (Fsp3) is 0.500. The SMILES string of the molecule is NCc1cc(CN2CCCS2(=O)=O)ccn1. The van der Waals surface area contributed by atoms with E-state index in [-0.39, 0.29) is 5.75 Å². The number of sulfonamides is 1. The Bertz CT molecular complexity index is 473. The summed E-state index contributed by atoms with van der Waals surface area (Å²) in [6, 6.07) is 3.68. The van der Waals surface area contributed by atoms with Gasteiger partial charge in [0.2, 0.25) is 10.0 Å². The number of hydrogen-bond acceptors (Lipinski definition) is 4. The van der Waals surface area contributed by atoms with Crippen LogP contribution in [0.15, 0.2) is 18.3 Å². The normalized spacial score (nSPS) is 20.1. The Hall–Kier alpha value is -0.980. The van der Waals surface area contributed by atoms with Gasteiger partial charge >= 0.3 is 0 Å². The Morgan fingerprint density at radius 2 is 2.31 bits per heavy atom. The first-order valence-corrected chi connectivity index (χ1v) is 6.84. The van der Waals surface area contributed by atoms with Gasteiger partial charge in [-0.05, 0) is 24.1 Å². The molecule has 2 heterocycles. The van der Waals surface area contributed by atoms with Gasteiger partial charge in [-0.1, -0.05) is 0 Å². The summed E-state index contributed by atoms with van der Waals surface area (Å²) in [5.41, 5.74) is 7.22. The fourth-order valence-corrected chi connectivity index (χ4v) is 3.32. The molecule has 88 valence electrons. The zero-order valence-electron chi connectivity index (χ0n) is 8.96. The summed E-state index contributed by atoms with van der Waals surface area (Å²) in [6.07, 6.45) is 2.39. The topological polar surface area (TPSA) is 76.3 Å². The third-order valence-electron chi connectivity index (χ3n) is 2.65. The second kappa shape index (κ2) is 4.48. The Balaban J connectivity index is 2.15. The van der Waals surface area contributed by atoms with Crippen molar-refractivity contribution in [1.29, 1.82) is 0 Å². The largest absolute Gasteiger partial charge is 0.325 e. The van der Waals surface area contributed by atoms with Crippen molar-refractivity contribution in [2.24, 2.45) is 5.73 Å². The first-order valence-electron chi connectivity index (χ1n) is 5.23. The molecule has 0 radical (unpaired) electrons. The van der Waals surface area contributed by atoms with Crippen LogP contribution >= 0.6 is 0 Å². The number of aromatic nitrogens is 1. The lowest BCUT2D eigenvalue weighted by Crippen LogP contribution is -2.25. The molecule has 1 saturated heterocycles. The van der Waals surface area contributed by atoms with Crippen molar-refractivity contribution in [1.82, 2.24) is 9.29 Å². The molecule has 2 N–H and O–H groups in total. The smallest absolute Gasteiger partial charge is 0.214 e. The molecule has 0 unspecified atom stereocenters. The summed E-state index contributed by atoms with van der Waals surface area (Å²) < 4.78 is 24.7. The van der Waals surface area contributed by atoms with Gasteiger partial charge in [0.1, 0.15) is 0 Å². The van der Waals surface area contributed by atoms with E-state index in [1.165, 1.54) is 4.31 Å². The van der Waals surface area contributed by atoms with Crippen molar-refractivity contribution in [2.45, 2.75) is 19.5 Å². The van der Waals surface area contributed by atoms with E-state index in [1.54, 1.807) is 6.20 Å². The lowest BCUT2D eigenvalue weighted by Gasteiger charge is -2.14. The summed E-state index contributed by atoms with van der Waals surface area (Å²) in [5, 5.41) is 0. The van der Waals surface area contributed by atoms with E-state index < -0.39 is 10.0 Å². The van der Waals surface area contributed by atoms with Crippen molar-refractivity contribution in [3.8, 4) is 0 Å². The molecule has 1 fully saturated rings. The van der Waals surface area contributed by atoms with E-state index in [1.807, 2.05) is 12.1 Å². The maximum absolute atomic E-state index is 11.6. The number of nitrogens with zero attached hydrogens (tertiary/aromatic N) is 2. The van der Waals surface area contributed by atoms with E-state index in [0.29, 0.717) is 19.6 Å². The van der Waals surface area contributed by atoms with Crippen LogP contribution in [0.3, 0.4) is 0 Å². The Morgan fingerprint density at radius 1 is 1.50 bits per heavy atom. The van der Waals surface area contributed by atoms with Crippen molar-refractivity contribution in [2.75, 3.05) is 12.3 Å². The van der Waals surface area contributed by atoms with E-state index in [9.17, 15) is 8.42 Å². The van der Waals surface area contributed by atoms with Gasteiger partial charge in [0.15, 0.2) is 0 Å². The minimum Gasteiger partial charge on any atom is -0.325 e. The van der Waals surface area contributed by atoms with Crippen LogP contribution in [-0.2, 0) is 23.1 Å². The predicted molar refractivity (Wildman–Crippen MR) is 60.9 cm³/mol. The second-order valence-corrected chi connectivity index (χ2v) is 5.95. The van der Waals surface area contributed by atoms with Crippen LogP contribution in [-0.4, -0.2) is 30.0 Å². The summed E-state index contributed by atoms with van der Waals surface area (Å²) >= 11 is 0. The van der Waals surface area contributed by atoms with Gasteiger partial charge < -0.3 is 5.73 Å². The van der Waals surface area contributed by atoms with Gasteiger partial charge in [-0.2, -0.15) is 4.31 Å². The summed E-state index contributed by atoms with van der Waals surface area (Å²) in [4.78, 5) is 4.08. The summed E-state index contributed by atoms with van der Waals surface area (Å²) in [5.74, 6) is 0.266. The molecule has 0 saturated carbocycles. The molecule has 0 atom stereocenters. The Kier molecular flexibility index (Phi) is 3.22. The molecule has 1 aliphatic heterocycles. The van der Waals surface area contributed by atoms with Crippen LogP contribution in [0.25, 0.3) is 0 Å². The van der Waals surface area contributed by atoms with Crippen molar-refractivity contribution >= 4 is 10.0 Å². The van der Waals surface area contributed by atoms with Crippen LogP contribution in [0, 0.1) is 0 Å². The van der Waals surface area contributed by atoms with Crippen molar-refractivity contribution < 1.29 is 8.42 Å². The molecule has 2 rings (SSSR count). The molecule has 0 bridgehead atoms. The third kappa shape index (κ3) is 2.40. The third-order valence-corrected chi connectivity index (χ3v) is 4.56. The maximum Gasteiger partial charge on any atom is 0.214 e. The minimum absolute atomic E-state index is 0.266. The molecule has 0 aromatic carbocycles. The van der Waals surface area contributed by atoms with Gasteiger partial charge in [-0.15, -0.1) is 0 Å². The molecular weight excluding hydrogens is 226 g/mol. The monoisotopic (exact) mass is 241 g/mol. The molecular formula is C10H15N3O2S. The average molecular weight is 241 g/mol. The first kappa shape index (κ1) is 11.5. The molecule has 1 aliphatic rings. The molecule has 1 aromatic rings. The standard InChI is InChI=1S/C10H15N3O2S/c11-7-10-6-9(2-3-12-10)8-13-4-1-5-16(13,14)15/h2-3,6H,1,4-5,7-8,11H2. The number of rotatable bonds is 3. The average Bonchev–Trinajstić information content (AvgIpc) is 2.59. The molecule has 6 heteroatoms. The van der Waals surface area contributed by atoms with Gasteiger partial charge in [-0.3, -0.25) is 4.98 Å². The highest BCUT2D eigenvalue weighted by molar-refractivity contribution is 7.89. The highest BCUT2D eigenvalue weighted by Gasteiger charge is 2.27. The molecule has 0 spiro atoms. The van der Waals surface area contributed by atoms with Crippen LogP contribution < -0.4 is 5.73 Å². The summed E-state index contributed by atoms with van der Waals surface area (Å²) in [7, 11) is -3.02. The van der Waals surface area contributed by atoms with Gasteiger partial charge in [-0.25, -0.2) is 8.42 Å². The van der Waals surface area contributed by atoms with E-state index >= 15 is 0 Å². The van der Waals surface area contributed by atoms with Crippen molar-refractivity contribution in [3.63, 3.8) is 0 Å². The fourth-order valence-electron chi connectivity index (χ4n) is 1.81. The first-order chi connectivity index (χ1) is 7.62. The molecule has 0 aliphatic carbocycles. The van der Waals surface area contributed by atoms with Crippen LogP contribution in [0.2, 0.25) is 0 Å². The Morgan fingerprint density at radius 3 is 2.94 bits per heavy atom. The molecule has 5 nitrogen and oxygen atoms in total. The second-order valence-electron chi connectivity index (χ2n) is 3.86. The molecule has 1 aromatic heterocycles. The molecule has 16 heavy (non-hydrogen) atoms. The lowest BCUT2D eigenvalue weighted by molar-refractivity contribution is 0.439. The zero-order chi connectivity index (χ0) is 11.6. The quantitative estimate of drug-likeness (QED) is 0.813. The number of nitrogens with two attached hydrogens (primary N) is 1. The number of hydrogen-bond donors (Lipinski definition) is 1. The predicted octanol–water partition coefficient (Wildman–Crippen LogP) is 0.0758.